The van der Waals surface area contributed by atoms with Crippen LogP contribution in [0.1, 0.15) is 42.1 Å². The van der Waals surface area contributed by atoms with Crippen molar-refractivity contribution in [3.05, 3.63) is 53.3 Å². The molecule has 2 aliphatic heterocycles. The van der Waals surface area contributed by atoms with Gasteiger partial charge in [-0.1, -0.05) is 12.1 Å². The number of carbonyl (C=O) groups excluding carboxylic acids is 1. The number of amides is 1. The molecule has 31 heavy (non-hydrogen) atoms. The second kappa shape index (κ2) is 6.59. The fraction of sp³-hybridized carbons (Fsp3) is 0.286. The van der Waals surface area contributed by atoms with Gasteiger partial charge in [-0.05, 0) is 55.2 Å². The number of nitriles is 1. The first kappa shape index (κ1) is 19.6. The van der Waals surface area contributed by atoms with E-state index in [9.17, 15) is 18.0 Å². The lowest BCUT2D eigenvalue weighted by molar-refractivity contribution is -0.138. The standard InChI is InChI=1S/C21H14F3N5OS/c22-21(23,24)15-8-14(10-26-16(15)9-25)28-18(30)20(5-2-6-20)29(19(28)31)13-4-1-3-12(7-13)17-11-27-17/h1,3-4,7-8,10-11,17H,2,5-6H2. The second-order valence-corrected chi connectivity index (χ2v) is 8.05. The molecule has 0 N–H and O–H groups in total. The number of hydrogen-bond donors (Lipinski definition) is 0. The molecule has 5 rings (SSSR count). The summed E-state index contributed by atoms with van der Waals surface area (Å²) in [6.45, 7) is 0. The Morgan fingerprint density at radius 1 is 1.23 bits per heavy atom. The van der Waals surface area contributed by atoms with E-state index in [1.54, 1.807) is 11.1 Å². The Kier molecular flexibility index (Phi) is 4.17. The summed E-state index contributed by atoms with van der Waals surface area (Å²) in [6.07, 6.45) is 0.000761. The molecule has 1 aromatic heterocycles. The number of pyridine rings is 1. The average molecular weight is 441 g/mol. The lowest BCUT2D eigenvalue weighted by Crippen LogP contribution is -2.55. The van der Waals surface area contributed by atoms with Crippen LogP contribution in [0, 0.1) is 11.3 Å². The molecule has 3 aliphatic rings. The van der Waals surface area contributed by atoms with Crippen LogP contribution in [-0.4, -0.2) is 27.8 Å². The fourth-order valence-electron chi connectivity index (χ4n) is 4.15. The summed E-state index contributed by atoms with van der Waals surface area (Å²) >= 11 is 5.60. The molecule has 1 saturated heterocycles. The zero-order chi connectivity index (χ0) is 22.0. The topological polar surface area (TPSA) is 72.6 Å². The number of carbonyl (C=O) groups is 1. The number of aromatic nitrogens is 1. The fourth-order valence-corrected chi connectivity index (χ4v) is 4.62. The van der Waals surface area contributed by atoms with Crippen molar-refractivity contribution in [3.8, 4) is 6.07 Å². The first-order valence-corrected chi connectivity index (χ1v) is 9.96. The Balaban J connectivity index is 1.59. The molecule has 6 nitrogen and oxygen atoms in total. The van der Waals surface area contributed by atoms with Gasteiger partial charge in [-0.2, -0.15) is 18.4 Å². The van der Waals surface area contributed by atoms with Crippen LogP contribution in [0.4, 0.5) is 24.5 Å². The van der Waals surface area contributed by atoms with E-state index in [2.05, 4.69) is 9.98 Å². The molecule has 1 aromatic carbocycles. The van der Waals surface area contributed by atoms with E-state index in [0.717, 1.165) is 29.1 Å². The molecule has 10 heteroatoms. The average Bonchev–Trinajstić information content (AvgIpc) is 3.52. The molecule has 1 saturated carbocycles. The van der Waals surface area contributed by atoms with Gasteiger partial charge >= 0.3 is 6.18 Å². The number of alkyl halides is 3. The Morgan fingerprint density at radius 2 is 1.97 bits per heavy atom. The van der Waals surface area contributed by atoms with E-state index >= 15 is 0 Å². The van der Waals surface area contributed by atoms with Crippen LogP contribution in [0.25, 0.3) is 0 Å². The highest BCUT2D eigenvalue weighted by Gasteiger charge is 2.59. The lowest BCUT2D eigenvalue weighted by atomic mass is 9.75. The molecule has 2 fully saturated rings. The van der Waals surface area contributed by atoms with Gasteiger partial charge in [0.15, 0.2) is 10.8 Å². The highest BCUT2D eigenvalue weighted by molar-refractivity contribution is 7.81. The Morgan fingerprint density at radius 3 is 2.55 bits per heavy atom. The number of rotatable bonds is 3. The summed E-state index contributed by atoms with van der Waals surface area (Å²) < 4.78 is 40.3. The molecule has 0 bridgehead atoms. The van der Waals surface area contributed by atoms with E-state index in [1.807, 2.05) is 24.3 Å². The van der Waals surface area contributed by atoms with E-state index in [-0.39, 0.29) is 22.7 Å². The van der Waals surface area contributed by atoms with E-state index in [1.165, 1.54) is 6.07 Å². The number of halogens is 3. The summed E-state index contributed by atoms with van der Waals surface area (Å²) in [7, 11) is 0. The van der Waals surface area contributed by atoms with Crippen LogP contribution in [0.5, 0.6) is 0 Å². The number of anilines is 2. The molecule has 1 amide bonds. The maximum absolute atomic E-state index is 13.4. The summed E-state index contributed by atoms with van der Waals surface area (Å²) in [6, 6.07) is 9.72. The van der Waals surface area contributed by atoms with Crippen LogP contribution in [0.3, 0.4) is 0 Å². The molecule has 156 valence electrons. The first-order valence-electron chi connectivity index (χ1n) is 9.56. The van der Waals surface area contributed by atoms with Crippen LogP contribution < -0.4 is 9.80 Å². The maximum Gasteiger partial charge on any atom is 0.419 e. The number of nitrogens with zero attached hydrogens (tertiary/aromatic N) is 5. The summed E-state index contributed by atoms with van der Waals surface area (Å²) in [4.78, 5) is 24.1. The van der Waals surface area contributed by atoms with Crippen molar-refractivity contribution in [1.82, 2.24) is 4.98 Å². The van der Waals surface area contributed by atoms with Crippen molar-refractivity contribution < 1.29 is 18.0 Å². The number of thiocarbonyl (C=S) groups is 1. The van der Waals surface area contributed by atoms with Gasteiger partial charge in [-0.15, -0.1) is 0 Å². The molecule has 1 atom stereocenters. The van der Waals surface area contributed by atoms with Gasteiger partial charge in [0.2, 0.25) is 0 Å². The SMILES string of the molecule is N#Cc1ncc(N2C(=O)C3(CCC3)N(c3cccc(C4C=N4)c3)C2=S)cc1C(F)(F)F. The zero-order valence-corrected chi connectivity index (χ0v) is 16.7. The van der Waals surface area contributed by atoms with Gasteiger partial charge in [0.1, 0.15) is 17.6 Å². The third-order valence-electron chi connectivity index (χ3n) is 5.90. The van der Waals surface area contributed by atoms with Gasteiger partial charge < -0.3 is 4.90 Å². The summed E-state index contributed by atoms with van der Waals surface area (Å²) in [5.74, 6) is -0.378. The van der Waals surface area contributed by atoms with Crippen molar-refractivity contribution >= 4 is 40.8 Å². The molecular weight excluding hydrogens is 427 g/mol. The molecule has 3 heterocycles. The predicted molar refractivity (Wildman–Crippen MR) is 111 cm³/mol. The number of benzene rings is 1. The normalized spacial score (nSPS) is 21.4. The minimum atomic E-state index is -4.79. The highest BCUT2D eigenvalue weighted by atomic mass is 32.1. The molecule has 1 aliphatic carbocycles. The zero-order valence-electron chi connectivity index (χ0n) is 15.9. The van der Waals surface area contributed by atoms with Crippen molar-refractivity contribution in [3.63, 3.8) is 0 Å². The van der Waals surface area contributed by atoms with Crippen LogP contribution in [0.2, 0.25) is 0 Å². The van der Waals surface area contributed by atoms with Crippen molar-refractivity contribution in [2.24, 2.45) is 4.99 Å². The smallest absolute Gasteiger partial charge is 0.303 e. The van der Waals surface area contributed by atoms with Crippen molar-refractivity contribution in [2.45, 2.75) is 37.0 Å². The first-order chi connectivity index (χ1) is 14.8. The predicted octanol–water partition coefficient (Wildman–Crippen LogP) is 4.16. The molecule has 0 radical (unpaired) electrons. The Labute approximate surface area is 180 Å². The van der Waals surface area contributed by atoms with Gasteiger partial charge in [0, 0.05) is 11.9 Å². The van der Waals surface area contributed by atoms with Crippen molar-refractivity contribution in [1.29, 1.82) is 5.26 Å². The monoisotopic (exact) mass is 441 g/mol. The Hall–Kier alpha value is -3.32. The van der Waals surface area contributed by atoms with Gasteiger partial charge in [-0.25, -0.2) is 4.98 Å². The third kappa shape index (κ3) is 2.91. The molecule has 1 spiro atoms. The van der Waals surface area contributed by atoms with Gasteiger partial charge in [0.05, 0.1) is 17.4 Å². The largest absolute Gasteiger partial charge is 0.419 e. The summed E-state index contributed by atoms with van der Waals surface area (Å²) in [5, 5.41) is 9.10. The summed E-state index contributed by atoms with van der Waals surface area (Å²) in [5.41, 5.74) is -1.31. The second-order valence-electron chi connectivity index (χ2n) is 7.68. The van der Waals surface area contributed by atoms with Gasteiger partial charge in [-0.3, -0.25) is 14.7 Å². The van der Waals surface area contributed by atoms with E-state index in [4.69, 9.17) is 17.5 Å². The highest BCUT2D eigenvalue weighted by Crippen LogP contribution is 2.48. The minimum Gasteiger partial charge on any atom is -0.303 e. The van der Waals surface area contributed by atoms with E-state index in [0.29, 0.717) is 18.5 Å². The minimum absolute atomic E-state index is 0.0114. The van der Waals surface area contributed by atoms with Gasteiger partial charge in [0.25, 0.3) is 5.91 Å². The molecular formula is C21H14F3N5OS. The van der Waals surface area contributed by atoms with Crippen molar-refractivity contribution in [2.75, 3.05) is 9.80 Å². The molecule has 1 unspecified atom stereocenters. The van der Waals surface area contributed by atoms with Crippen LogP contribution in [-0.2, 0) is 11.0 Å². The van der Waals surface area contributed by atoms with Crippen LogP contribution >= 0.6 is 12.2 Å². The number of hydrogen-bond acceptors (Lipinski definition) is 5. The quantitative estimate of drug-likeness (QED) is 0.669. The van der Waals surface area contributed by atoms with Crippen LogP contribution in [0.15, 0.2) is 41.5 Å². The maximum atomic E-state index is 13.4. The third-order valence-corrected chi connectivity index (χ3v) is 6.27. The molecule has 2 aromatic rings. The Bertz CT molecular complexity index is 1190. The number of aliphatic imine (C=N–C) groups is 1. The van der Waals surface area contributed by atoms with E-state index < -0.39 is 23.0 Å². The lowest BCUT2D eigenvalue weighted by Gasteiger charge is -2.43.